The lowest BCUT2D eigenvalue weighted by atomic mass is 9.89. The van der Waals surface area contributed by atoms with Gasteiger partial charge in [0, 0.05) is 11.9 Å². The molecule has 0 bridgehead atoms. The van der Waals surface area contributed by atoms with Crippen molar-refractivity contribution in [1.82, 2.24) is 15.3 Å². The number of aliphatic hydroxyl groups is 1. The van der Waals surface area contributed by atoms with Gasteiger partial charge in [0.2, 0.25) is 0 Å². The van der Waals surface area contributed by atoms with E-state index in [0.717, 1.165) is 68.2 Å². The normalized spacial score (nSPS) is 21.8. The van der Waals surface area contributed by atoms with Crippen molar-refractivity contribution < 1.29 is 9.90 Å². The van der Waals surface area contributed by atoms with E-state index < -0.39 is 6.10 Å². The zero-order valence-electron chi connectivity index (χ0n) is 16.0. The van der Waals surface area contributed by atoms with Crippen LogP contribution in [0.1, 0.15) is 71.4 Å². The van der Waals surface area contributed by atoms with E-state index in [1.165, 1.54) is 5.56 Å². The SMILES string of the molecule is O=C(N[C@H]1CCCC[C@@H]1O)c1cc(Cc2ccc(Cl)nc2)c2c(n1)CCCC2. The summed E-state index contributed by atoms with van der Waals surface area (Å²) < 4.78 is 0. The number of aliphatic hydroxyl groups excluding tert-OH is 1. The van der Waals surface area contributed by atoms with Gasteiger partial charge in [0.15, 0.2) is 0 Å². The third kappa shape index (κ3) is 4.36. The topological polar surface area (TPSA) is 75.1 Å². The molecule has 1 amide bonds. The van der Waals surface area contributed by atoms with Crippen molar-refractivity contribution >= 4 is 17.5 Å². The summed E-state index contributed by atoms with van der Waals surface area (Å²) in [5, 5.41) is 13.7. The predicted octanol–water partition coefficient (Wildman–Crippen LogP) is 3.63. The number of rotatable bonds is 4. The molecule has 28 heavy (non-hydrogen) atoms. The van der Waals surface area contributed by atoms with Crippen molar-refractivity contribution in [1.29, 1.82) is 0 Å². The highest BCUT2D eigenvalue weighted by atomic mass is 35.5. The number of hydrogen-bond acceptors (Lipinski definition) is 4. The van der Waals surface area contributed by atoms with Gasteiger partial charge in [0.05, 0.1) is 12.1 Å². The molecule has 5 nitrogen and oxygen atoms in total. The number of halogens is 1. The molecule has 2 aliphatic rings. The number of amides is 1. The molecule has 0 unspecified atom stereocenters. The number of pyridine rings is 2. The minimum Gasteiger partial charge on any atom is -0.391 e. The molecule has 4 rings (SSSR count). The van der Waals surface area contributed by atoms with Gasteiger partial charge in [0.1, 0.15) is 10.8 Å². The second-order valence-electron chi connectivity index (χ2n) is 7.90. The van der Waals surface area contributed by atoms with Crippen molar-refractivity contribution in [2.75, 3.05) is 0 Å². The van der Waals surface area contributed by atoms with Crippen LogP contribution < -0.4 is 5.32 Å². The van der Waals surface area contributed by atoms with Crippen LogP contribution in [0.15, 0.2) is 24.4 Å². The highest BCUT2D eigenvalue weighted by Gasteiger charge is 2.26. The molecule has 2 aromatic heterocycles. The summed E-state index contributed by atoms with van der Waals surface area (Å²) in [4.78, 5) is 21.7. The van der Waals surface area contributed by atoms with Gasteiger partial charge in [-0.05, 0) is 73.8 Å². The standard InChI is InChI=1S/C22H26ClN3O2/c23-21-10-9-14(13-24-21)11-15-12-19(25-17-6-2-1-5-16(15)17)22(28)26-18-7-3-4-8-20(18)27/h9-10,12-13,18,20,27H,1-8,11H2,(H,26,28)/t18-,20-/m0/s1. The Morgan fingerprint density at radius 1 is 1.18 bits per heavy atom. The first-order chi connectivity index (χ1) is 13.6. The zero-order chi connectivity index (χ0) is 19.5. The van der Waals surface area contributed by atoms with E-state index in [2.05, 4.69) is 15.3 Å². The number of fused-ring (bicyclic) bond motifs is 1. The molecule has 0 aliphatic heterocycles. The van der Waals surface area contributed by atoms with Gasteiger partial charge in [-0.25, -0.2) is 9.97 Å². The first-order valence-electron chi connectivity index (χ1n) is 10.2. The number of carbonyl (C=O) groups is 1. The van der Waals surface area contributed by atoms with Crippen LogP contribution in [0.5, 0.6) is 0 Å². The Hall–Kier alpha value is -1.98. The summed E-state index contributed by atoms with van der Waals surface area (Å²) >= 11 is 5.91. The van der Waals surface area contributed by atoms with Gasteiger partial charge in [-0.3, -0.25) is 4.79 Å². The molecule has 2 N–H and O–H groups in total. The smallest absolute Gasteiger partial charge is 0.270 e. The number of carbonyl (C=O) groups excluding carboxylic acids is 1. The summed E-state index contributed by atoms with van der Waals surface area (Å²) in [6.07, 6.45) is 9.83. The van der Waals surface area contributed by atoms with Crippen molar-refractivity contribution in [3.8, 4) is 0 Å². The maximum atomic E-state index is 12.9. The monoisotopic (exact) mass is 399 g/mol. The molecule has 2 heterocycles. The predicted molar refractivity (Wildman–Crippen MR) is 109 cm³/mol. The lowest BCUT2D eigenvalue weighted by Crippen LogP contribution is -2.45. The fourth-order valence-corrected chi connectivity index (χ4v) is 4.43. The highest BCUT2D eigenvalue weighted by molar-refractivity contribution is 6.29. The van der Waals surface area contributed by atoms with E-state index in [4.69, 9.17) is 11.6 Å². The van der Waals surface area contributed by atoms with E-state index >= 15 is 0 Å². The highest BCUT2D eigenvalue weighted by Crippen LogP contribution is 2.26. The largest absolute Gasteiger partial charge is 0.391 e. The molecular weight excluding hydrogens is 374 g/mol. The zero-order valence-corrected chi connectivity index (χ0v) is 16.7. The van der Waals surface area contributed by atoms with Gasteiger partial charge >= 0.3 is 0 Å². The van der Waals surface area contributed by atoms with Crippen LogP contribution in [-0.2, 0) is 19.3 Å². The van der Waals surface area contributed by atoms with Gasteiger partial charge in [-0.2, -0.15) is 0 Å². The van der Waals surface area contributed by atoms with Crippen LogP contribution >= 0.6 is 11.6 Å². The van der Waals surface area contributed by atoms with Crippen LogP contribution in [0.4, 0.5) is 0 Å². The first-order valence-corrected chi connectivity index (χ1v) is 10.6. The lowest BCUT2D eigenvalue weighted by Gasteiger charge is -2.28. The molecule has 0 aromatic carbocycles. The Morgan fingerprint density at radius 3 is 2.79 bits per heavy atom. The minimum atomic E-state index is -0.463. The molecular formula is C22H26ClN3O2. The second-order valence-corrected chi connectivity index (χ2v) is 8.28. The summed E-state index contributed by atoms with van der Waals surface area (Å²) in [6.45, 7) is 0. The average molecular weight is 400 g/mol. The Labute approximate surface area is 170 Å². The third-order valence-electron chi connectivity index (χ3n) is 5.85. The van der Waals surface area contributed by atoms with E-state index in [1.54, 1.807) is 12.3 Å². The van der Waals surface area contributed by atoms with E-state index in [0.29, 0.717) is 17.3 Å². The molecule has 1 saturated carbocycles. The lowest BCUT2D eigenvalue weighted by molar-refractivity contribution is 0.0713. The van der Waals surface area contributed by atoms with Gasteiger partial charge in [0.25, 0.3) is 5.91 Å². The summed E-state index contributed by atoms with van der Waals surface area (Å²) in [5.74, 6) is -0.185. The van der Waals surface area contributed by atoms with Crippen LogP contribution in [0.25, 0.3) is 0 Å². The molecule has 1 fully saturated rings. The van der Waals surface area contributed by atoms with E-state index in [1.807, 2.05) is 12.1 Å². The Kier molecular flexibility index (Phi) is 5.93. The van der Waals surface area contributed by atoms with Crippen molar-refractivity contribution in [2.45, 2.75) is 69.9 Å². The Morgan fingerprint density at radius 2 is 2.00 bits per heavy atom. The second kappa shape index (κ2) is 8.58. The number of nitrogens with one attached hydrogen (secondary N) is 1. The quantitative estimate of drug-likeness (QED) is 0.770. The number of aryl methyl sites for hydroxylation is 1. The number of nitrogens with zero attached hydrogens (tertiary/aromatic N) is 2. The summed E-state index contributed by atoms with van der Waals surface area (Å²) in [5.41, 5.74) is 4.98. The minimum absolute atomic E-state index is 0.178. The fraction of sp³-hybridized carbons (Fsp3) is 0.500. The molecule has 2 aliphatic carbocycles. The maximum absolute atomic E-state index is 12.9. The molecule has 6 heteroatoms. The van der Waals surface area contributed by atoms with Gasteiger partial charge in [-0.15, -0.1) is 0 Å². The van der Waals surface area contributed by atoms with Crippen LogP contribution in [0, 0.1) is 0 Å². The molecule has 2 aromatic rings. The Balaban J connectivity index is 1.60. The molecule has 148 valence electrons. The van der Waals surface area contributed by atoms with Crippen molar-refractivity contribution in [2.24, 2.45) is 0 Å². The molecule has 0 saturated heterocycles. The van der Waals surface area contributed by atoms with Crippen LogP contribution in [0.2, 0.25) is 5.15 Å². The fourth-order valence-electron chi connectivity index (χ4n) is 4.32. The van der Waals surface area contributed by atoms with E-state index in [-0.39, 0.29) is 11.9 Å². The van der Waals surface area contributed by atoms with Crippen LogP contribution in [-0.4, -0.2) is 33.1 Å². The van der Waals surface area contributed by atoms with Crippen molar-refractivity contribution in [3.63, 3.8) is 0 Å². The third-order valence-corrected chi connectivity index (χ3v) is 6.08. The van der Waals surface area contributed by atoms with Crippen LogP contribution in [0.3, 0.4) is 0 Å². The number of hydrogen-bond donors (Lipinski definition) is 2. The van der Waals surface area contributed by atoms with Gasteiger partial charge < -0.3 is 10.4 Å². The summed E-state index contributed by atoms with van der Waals surface area (Å²) in [6, 6.07) is 5.51. The molecule has 0 radical (unpaired) electrons. The average Bonchev–Trinajstić information content (AvgIpc) is 2.71. The first kappa shape index (κ1) is 19.3. The Bertz CT molecular complexity index is 854. The molecule has 2 atom stereocenters. The number of aromatic nitrogens is 2. The van der Waals surface area contributed by atoms with Gasteiger partial charge in [-0.1, -0.05) is 30.5 Å². The maximum Gasteiger partial charge on any atom is 0.270 e. The molecule has 0 spiro atoms. The van der Waals surface area contributed by atoms with E-state index in [9.17, 15) is 9.90 Å². The summed E-state index contributed by atoms with van der Waals surface area (Å²) in [7, 11) is 0. The van der Waals surface area contributed by atoms with Crippen molar-refractivity contribution in [3.05, 3.63) is 57.6 Å².